The van der Waals surface area contributed by atoms with E-state index in [1.54, 1.807) is 29.1 Å². The van der Waals surface area contributed by atoms with Crippen molar-refractivity contribution in [1.29, 1.82) is 0 Å². The minimum absolute atomic E-state index is 0.258. The number of halogens is 3. The van der Waals surface area contributed by atoms with E-state index >= 15 is 0 Å². The van der Waals surface area contributed by atoms with Crippen LogP contribution in [0.3, 0.4) is 0 Å². The van der Waals surface area contributed by atoms with Crippen LogP contribution in [-0.4, -0.2) is 22.4 Å². The van der Waals surface area contributed by atoms with E-state index in [1.165, 1.54) is 30.5 Å². The van der Waals surface area contributed by atoms with Crippen LogP contribution in [0.15, 0.2) is 105 Å². The van der Waals surface area contributed by atoms with Gasteiger partial charge in [0, 0.05) is 23.4 Å². The fourth-order valence-corrected chi connectivity index (χ4v) is 3.51. The highest BCUT2D eigenvalue weighted by Crippen LogP contribution is 2.27. The topological polar surface area (TPSA) is 69.6 Å². The Hall–Kier alpha value is -4.66. The number of nitrogens with zero attached hydrogens (tertiary/aromatic N) is 3. The molecule has 174 valence electrons. The molecule has 0 N–H and O–H groups in total. The van der Waals surface area contributed by atoms with Crippen molar-refractivity contribution in [2.45, 2.75) is 6.36 Å². The fraction of sp³-hybridized carbons (Fsp3) is 0.0385. The second kappa shape index (κ2) is 8.94. The van der Waals surface area contributed by atoms with E-state index in [2.05, 4.69) is 14.8 Å². The molecular weight excluding hydrogens is 459 g/mol. The van der Waals surface area contributed by atoms with E-state index in [-0.39, 0.29) is 11.3 Å². The highest BCUT2D eigenvalue weighted by atomic mass is 19.4. The van der Waals surface area contributed by atoms with Crippen molar-refractivity contribution in [3.05, 3.63) is 107 Å². The van der Waals surface area contributed by atoms with Crippen molar-refractivity contribution in [2.75, 3.05) is 0 Å². The van der Waals surface area contributed by atoms with Crippen molar-refractivity contribution in [2.24, 2.45) is 4.99 Å². The predicted molar refractivity (Wildman–Crippen MR) is 125 cm³/mol. The van der Waals surface area contributed by atoms with Gasteiger partial charge in [0.25, 0.3) is 0 Å². The summed E-state index contributed by atoms with van der Waals surface area (Å²) in [4.78, 5) is 17.1. The van der Waals surface area contributed by atoms with Gasteiger partial charge in [-0.1, -0.05) is 36.4 Å². The Morgan fingerprint density at radius 2 is 1.66 bits per heavy atom. The largest absolute Gasteiger partial charge is 0.573 e. The van der Waals surface area contributed by atoms with Gasteiger partial charge in [0.05, 0.1) is 16.9 Å². The second-order valence-corrected chi connectivity index (χ2v) is 7.50. The summed E-state index contributed by atoms with van der Waals surface area (Å²) in [6.07, 6.45) is -1.56. The van der Waals surface area contributed by atoms with E-state index in [1.807, 2.05) is 42.5 Å². The maximum Gasteiger partial charge on any atom is 0.573 e. The summed E-state index contributed by atoms with van der Waals surface area (Å²) in [5.74, 6) is -0.345. The van der Waals surface area contributed by atoms with Gasteiger partial charge >= 0.3 is 12.0 Å². The maximum absolute atomic E-state index is 12.8. The number of hydrogen-bond donors (Lipinski definition) is 0. The highest BCUT2D eigenvalue weighted by Gasteiger charge is 2.30. The van der Waals surface area contributed by atoms with Crippen molar-refractivity contribution in [3.63, 3.8) is 0 Å². The molecule has 0 radical (unpaired) electrons. The lowest BCUT2D eigenvalue weighted by atomic mass is 10.1. The summed E-state index contributed by atoms with van der Waals surface area (Å²) in [5.41, 5.74) is 2.20. The Kier molecular flexibility index (Phi) is 5.66. The fourth-order valence-electron chi connectivity index (χ4n) is 3.51. The molecule has 0 saturated heterocycles. The van der Waals surface area contributed by atoms with Gasteiger partial charge in [-0.3, -0.25) is 4.99 Å². The molecule has 0 unspecified atom stereocenters. The Bertz CT molecular complexity index is 1570. The number of para-hydroxylation sites is 2. The Balaban J connectivity index is 1.56. The molecule has 3 aromatic carbocycles. The van der Waals surface area contributed by atoms with Crippen LogP contribution < -0.4 is 10.4 Å². The number of fused-ring (bicyclic) bond motifs is 1. The molecule has 0 aliphatic heterocycles. The monoisotopic (exact) mass is 475 g/mol. The number of aromatic nitrogens is 2. The summed E-state index contributed by atoms with van der Waals surface area (Å²) in [5, 5.41) is 5.34. The lowest BCUT2D eigenvalue weighted by Crippen LogP contribution is -2.16. The zero-order valence-electron chi connectivity index (χ0n) is 17.9. The first-order valence-electron chi connectivity index (χ1n) is 10.4. The summed E-state index contributed by atoms with van der Waals surface area (Å²) in [7, 11) is 0. The highest BCUT2D eigenvalue weighted by molar-refractivity contribution is 5.91. The maximum atomic E-state index is 12.8. The molecule has 0 saturated carbocycles. The molecule has 35 heavy (non-hydrogen) atoms. The molecule has 0 aliphatic rings. The standard InChI is InChI=1S/C26H16F3N3O3/c27-26(28,29)35-21-12-10-19(11-13-21)30-15-18-16-32(20-7-2-1-3-8-20)31-24(18)22-14-17-6-4-5-9-23(17)34-25(22)33/h1-16H. The lowest BCUT2D eigenvalue weighted by Gasteiger charge is -2.08. The second-order valence-electron chi connectivity index (χ2n) is 7.50. The summed E-state index contributed by atoms with van der Waals surface area (Å²) >= 11 is 0. The van der Waals surface area contributed by atoms with Crippen LogP contribution in [0.25, 0.3) is 27.9 Å². The van der Waals surface area contributed by atoms with Gasteiger partial charge in [-0.25, -0.2) is 9.48 Å². The van der Waals surface area contributed by atoms with Gasteiger partial charge in [-0.05, 0) is 48.5 Å². The first-order chi connectivity index (χ1) is 16.9. The number of alkyl halides is 3. The van der Waals surface area contributed by atoms with Crippen LogP contribution in [0.5, 0.6) is 5.75 Å². The predicted octanol–water partition coefficient (Wildman–Crippen LogP) is 6.29. The van der Waals surface area contributed by atoms with Gasteiger partial charge < -0.3 is 9.15 Å². The summed E-state index contributed by atoms with van der Waals surface area (Å²) < 4.78 is 48.2. The molecule has 0 bridgehead atoms. The van der Waals surface area contributed by atoms with Gasteiger partial charge in [0.1, 0.15) is 17.0 Å². The zero-order valence-corrected chi connectivity index (χ0v) is 17.9. The zero-order chi connectivity index (χ0) is 24.4. The third kappa shape index (κ3) is 4.98. The number of rotatable bonds is 5. The molecule has 0 spiro atoms. The van der Waals surface area contributed by atoms with Crippen LogP contribution in [0, 0.1) is 0 Å². The van der Waals surface area contributed by atoms with Crippen molar-refractivity contribution in [1.82, 2.24) is 9.78 Å². The first kappa shape index (κ1) is 22.1. The van der Waals surface area contributed by atoms with Crippen LogP contribution in [0.2, 0.25) is 0 Å². The average molecular weight is 475 g/mol. The van der Waals surface area contributed by atoms with E-state index in [4.69, 9.17) is 4.42 Å². The summed E-state index contributed by atoms with van der Waals surface area (Å²) in [6, 6.07) is 23.3. The smallest absolute Gasteiger partial charge is 0.422 e. The van der Waals surface area contributed by atoms with Gasteiger partial charge in [-0.2, -0.15) is 5.10 Å². The average Bonchev–Trinajstić information content (AvgIpc) is 3.27. The molecule has 0 aliphatic carbocycles. The third-order valence-electron chi connectivity index (χ3n) is 5.08. The van der Waals surface area contributed by atoms with Gasteiger partial charge in [0.2, 0.25) is 0 Å². The minimum Gasteiger partial charge on any atom is -0.422 e. The van der Waals surface area contributed by atoms with E-state index in [0.29, 0.717) is 22.5 Å². The molecule has 5 aromatic rings. The molecule has 5 rings (SSSR count). The molecule has 9 heteroatoms. The number of ether oxygens (including phenoxy) is 1. The molecule has 0 atom stereocenters. The van der Waals surface area contributed by atoms with Crippen LogP contribution in [-0.2, 0) is 0 Å². The van der Waals surface area contributed by atoms with Crippen LogP contribution in [0.1, 0.15) is 5.56 Å². The number of benzene rings is 3. The minimum atomic E-state index is -4.77. The van der Waals surface area contributed by atoms with E-state index in [0.717, 1.165) is 11.1 Å². The van der Waals surface area contributed by atoms with Gasteiger partial charge in [-0.15, -0.1) is 13.2 Å². The molecule has 0 fully saturated rings. The Morgan fingerprint density at radius 3 is 2.40 bits per heavy atom. The molecule has 6 nitrogen and oxygen atoms in total. The number of hydrogen-bond acceptors (Lipinski definition) is 5. The number of aliphatic imine (C=N–C) groups is 1. The normalized spacial score (nSPS) is 11.9. The third-order valence-corrected chi connectivity index (χ3v) is 5.08. The molecular formula is C26H16F3N3O3. The van der Waals surface area contributed by atoms with Crippen LogP contribution >= 0.6 is 0 Å². The first-order valence-corrected chi connectivity index (χ1v) is 10.4. The van der Waals surface area contributed by atoms with E-state index < -0.39 is 12.0 Å². The lowest BCUT2D eigenvalue weighted by molar-refractivity contribution is -0.274. The Labute approximate surface area is 196 Å². The SMILES string of the molecule is O=c1oc2ccccc2cc1-c1nn(-c2ccccc2)cc1C=Nc1ccc(OC(F)(F)F)cc1. The van der Waals surface area contributed by atoms with Crippen LogP contribution in [0.4, 0.5) is 18.9 Å². The van der Waals surface area contributed by atoms with Crippen molar-refractivity contribution in [3.8, 4) is 22.7 Å². The molecule has 2 heterocycles. The van der Waals surface area contributed by atoms with Crippen molar-refractivity contribution < 1.29 is 22.3 Å². The van der Waals surface area contributed by atoms with E-state index in [9.17, 15) is 18.0 Å². The van der Waals surface area contributed by atoms with Crippen molar-refractivity contribution >= 4 is 22.9 Å². The summed E-state index contributed by atoms with van der Waals surface area (Å²) in [6.45, 7) is 0. The Morgan fingerprint density at radius 1 is 0.943 bits per heavy atom. The van der Waals surface area contributed by atoms with Gasteiger partial charge in [0.15, 0.2) is 0 Å². The quantitative estimate of drug-likeness (QED) is 0.221. The molecule has 2 aromatic heterocycles. The molecule has 0 amide bonds.